The van der Waals surface area contributed by atoms with Crippen LogP contribution in [0.25, 0.3) is 0 Å². The molecule has 5 nitrogen and oxygen atoms in total. The van der Waals surface area contributed by atoms with Gasteiger partial charge in [-0.1, -0.05) is 0 Å². The van der Waals surface area contributed by atoms with Crippen LogP contribution in [0.1, 0.15) is 25.7 Å². The van der Waals surface area contributed by atoms with Gasteiger partial charge in [-0.3, -0.25) is 0 Å². The summed E-state index contributed by atoms with van der Waals surface area (Å²) in [6.45, 7) is 2.13. The van der Waals surface area contributed by atoms with Crippen LogP contribution in [0.5, 0.6) is 0 Å². The van der Waals surface area contributed by atoms with Gasteiger partial charge in [-0.05, 0) is 42.7 Å². The van der Waals surface area contributed by atoms with E-state index in [4.69, 9.17) is 0 Å². The zero-order chi connectivity index (χ0) is 8.93. The van der Waals surface area contributed by atoms with Gasteiger partial charge in [-0.2, -0.15) is 0 Å². The van der Waals surface area contributed by atoms with Crippen molar-refractivity contribution in [1.82, 2.24) is 25.5 Å². The average Bonchev–Trinajstić information content (AvgIpc) is 2.75. The van der Waals surface area contributed by atoms with Crippen LogP contribution < -0.4 is 5.32 Å². The number of nitrogens with one attached hydrogen (secondary N) is 1. The Labute approximate surface area is 77.5 Å². The van der Waals surface area contributed by atoms with Gasteiger partial charge in [0.1, 0.15) is 6.33 Å². The van der Waals surface area contributed by atoms with E-state index in [1.807, 2.05) is 0 Å². The Hall–Kier alpha value is -0.970. The molecule has 0 saturated carbocycles. The topological polar surface area (TPSA) is 55.6 Å². The normalized spacial score (nSPS) is 22.3. The van der Waals surface area contributed by atoms with Crippen LogP contribution in [-0.2, 0) is 6.54 Å². The highest BCUT2D eigenvalue weighted by molar-refractivity contribution is 4.73. The molecule has 0 amide bonds. The Kier molecular flexibility index (Phi) is 2.86. The van der Waals surface area contributed by atoms with Crippen molar-refractivity contribution in [3.8, 4) is 0 Å². The summed E-state index contributed by atoms with van der Waals surface area (Å²) >= 11 is 0. The maximum absolute atomic E-state index is 3.82. The fraction of sp³-hybridized carbons (Fsp3) is 0.875. The quantitative estimate of drug-likeness (QED) is 0.721. The lowest BCUT2D eigenvalue weighted by molar-refractivity contribution is 0.477. The minimum absolute atomic E-state index is 0.733. The monoisotopic (exact) mass is 181 g/mol. The van der Waals surface area contributed by atoms with E-state index in [9.17, 15) is 0 Å². The standard InChI is InChI=1S/C8H15N5/c1-3-8(9-5-1)4-2-6-13-7-10-11-12-13/h7-9H,1-6H2. The minimum atomic E-state index is 0.733. The number of hydrogen-bond acceptors (Lipinski definition) is 4. The molecule has 1 saturated heterocycles. The molecular formula is C8H15N5. The third kappa shape index (κ3) is 2.48. The van der Waals surface area contributed by atoms with Gasteiger partial charge >= 0.3 is 0 Å². The second-order valence-electron chi connectivity index (χ2n) is 3.51. The minimum Gasteiger partial charge on any atom is -0.314 e. The molecule has 0 spiro atoms. The third-order valence-electron chi connectivity index (χ3n) is 2.49. The Morgan fingerprint density at radius 1 is 1.54 bits per heavy atom. The molecule has 1 aromatic heterocycles. The molecule has 0 aliphatic carbocycles. The van der Waals surface area contributed by atoms with E-state index in [2.05, 4.69) is 20.8 Å². The second kappa shape index (κ2) is 4.32. The highest BCUT2D eigenvalue weighted by Gasteiger charge is 2.12. The number of hydrogen-bond donors (Lipinski definition) is 1. The van der Waals surface area contributed by atoms with Crippen molar-refractivity contribution < 1.29 is 0 Å². The van der Waals surface area contributed by atoms with Crippen LogP contribution >= 0.6 is 0 Å². The molecule has 72 valence electrons. The fourth-order valence-corrected chi connectivity index (χ4v) is 1.79. The van der Waals surface area contributed by atoms with Crippen LogP contribution in [0.2, 0.25) is 0 Å². The molecule has 5 heteroatoms. The van der Waals surface area contributed by atoms with Crippen LogP contribution in [0, 0.1) is 0 Å². The number of nitrogens with zero attached hydrogens (tertiary/aromatic N) is 4. The van der Waals surface area contributed by atoms with E-state index < -0.39 is 0 Å². The lowest BCUT2D eigenvalue weighted by Crippen LogP contribution is -2.21. The highest BCUT2D eigenvalue weighted by atomic mass is 15.5. The molecule has 1 unspecified atom stereocenters. The Morgan fingerprint density at radius 3 is 3.23 bits per heavy atom. The second-order valence-corrected chi connectivity index (χ2v) is 3.51. The number of rotatable bonds is 4. The fourth-order valence-electron chi connectivity index (χ4n) is 1.79. The van der Waals surface area contributed by atoms with E-state index in [0.29, 0.717) is 0 Å². The molecule has 0 bridgehead atoms. The summed E-state index contributed by atoms with van der Waals surface area (Å²) in [6.07, 6.45) is 6.72. The van der Waals surface area contributed by atoms with Crippen LogP contribution in [0.4, 0.5) is 0 Å². The van der Waals surface area contributed by atoms with Crippen LogP contribution in [0.3, 0.4) is 0 Å². The SMILES string of the molecule is c1nnnn1CCCC1CCCN1. The van der Waals surface area contributed by atoms with Gasteiger partial charge in [0.05, 0.1) is 0 Å². The molecule has 1 aromatic rings. The summed E-state index contributed by atoms with van der Waals surface area (Å²) in [5.41, 5.74) is 0. The zero-order valence-corrected chi connectivity index (χ0v) is 7.69. The number of aromatic nitrogens is 4. The first kappa shape index (κ1) is 8.62. The van der Waals surface area contributed by atoms with E-state index in [1.165, 1.54) is 25.8 Å². The van der Waals surface area contributed by atoms with Gasteiger partial charge in [-0.25, -0.2) is 4.68 Å². The molecule has 2 heterocycles. The van der Waals surface area contributed by atoms with Gasteiger partial charge in [0.25, 0.3) is 0 Å². The predicted octanol–water partition coefficient (Wildman–Crippen LogP) is 0.205. The van der Waals surface area contributed by atoms with Crippen LogP contribution in [-0.4, -0.2) is 32.8 Å². The largest absolute Gasteiger partial charge is 0.314 e. The highest BCUT2D eigenvalue weighted by Crippen LogP contribution is 2.10. The smallest absolute Gasteiger partial charge is 0.138 e. The maximum atomic E-state index is 3.82. The van der Waals surface area contributed by atoms with Crippen molar-refractivity contribution in [2.24, 2.45) is 0 Å². The van der Waals surface area contributed by atoms with Crippen molar-refractivity contribution in [1.29, 1.82) is 0 Å². The maximum Gasteiger partial charge on any atom is 0.138 e. The summed E-state index contributed by atoms with van der Waals surface area (Å²) < 4.78 is 1.79. The van der Waals surface area contributed by atoms with Crippen molar-refractivity contribution in [3.05, 3.63) is 6.33 Å². The molecular weight excluding hydrogens is 166 g/mol. The lowest BCUT2D eigenvalue weighted by Gasteiger charge is -2.08. The van der Waals surface area contributed by atoms with E-state index in [1.54, 1.807) is 11.0 Å². The molecule has 1 N–H and O–H groups in total. The average molecular weight is 181 g/mol. The van der Waals surface area contributed by atoms with Crippen LogP contribution in [0.15, 0.2) is 6.33 Å². The van der Waals surface area contributed by atoms with Crippen molar-refractivity contribution in [3.63, 3.8) is 0 Å². The summed E-state index contributed by atoms with van der Waals surface area (Å²) in [4.78, 5) is 0. The van der Waals surface area contributed by atoms with E-state index >= 15 is 0 Å². The van der Waals surface area contributed by atoms with Gasteiger partial charge in [0.2, 0.25) is 0 Å². The molecule has 1 aliphatic heterocycles. The number of aryl methyl sites for hydroxylation is 1. The predicted molar refractivity (Wildman–Crippen MR) is 48.1 cm³/mol. The zero-order valence-electron chi connectivity index (χ0n) is 7.69. The van der Waals surface area contributed by atoms with Crippen molar-refractivity contribution in [2.75, 3.05) is 6.54 Å². The first-order valence-electron chi connectivity index (χ1n) is 4.89. The molecule has 1 fully saturated rings. The van der Waals surface area contributed by atoms with Crippen molar-refractivity contribution in [2.45, 2.75) is 38.3 Å². The van der Waals surface area contributed by atoms with Gasteiger partial charge in [-0.15, -0.1) is 5.10 Å². The molecule has 1 aliphatic rings. The van der Waals surface area contributed by atoms with Gasteiger partial charge < -0.3 is 5.32 Å². The van der Waals surface area contributed by atoms with E-state index in [-0.39, 0.29) is 0 Å². The van der Waals surface area contributed by atoms with Crippen molar-refractivity contribution >= 4 is 0 Å². The summed E-state index contributed by atoms with van der Waals surface area (Å²) in [7, 11) is 0. The Balaban J connectivity index is 1.63. The van der Waals surface area contributed by atoms with Gasteiger partial charge in [0.15, 0.2) is 0 Å². The molecule has 13 heavy (non-hydrogen) atoms. The van der Waals surface area contributed by atoms with Gasteiger partial charge in [0, 0.05) is 12.6 Å². The Morgan fingerprint density at radius 2 is 2.54 bits per heavy atom. The summed E-state index contributed by atoms with van der Waals surface area (Å²) in [6, 6.07) is 0.733. The lowest BCUT2D eigenvalue weighted by atomic mass is 10.1. The third-order valence-corrected chi connectivity index (χ3v) is 2.49. The first-order valence-corrected chi connectivity index (χ1v) is 4.89. The first-order chi connectivity index (χ1) is 6.45. The summed E-state index contributed by atoms with van der Waals surface area (Å²) in [5, 5.41) is 14.5. The number of tetrazole rings is 1. The molecule has 1 atom stereocenters. The molecule has 0 radical (unpaired) electrons. The molecule has 0 aromatic carbocycles. The Bertz CT molecular complexity index is 227. The summed E-state index contributed by atoms with van der Waals surface area (Å²) in [5.74, 6) is 0. The van der Waals surface area contributed by atoms with E-state index in [0.717, 1.165) is 19.0 Å². The molecule has 2 rings (SSSR count).